The molecule has 0 radical (unpaired) electrons. The number of carboxylic acids is 1. The Balaban J connectivity index is -0.0000000566. The van der Waals surface area contributed by atoms with E-state index in [9.17, 15) is 33.9 Å². The normalized spacial score (nSPS) is 9.98. The Morgan fingerprint density at radius 1 is 0.808 bits per heavy atom. The van der Waals surface area contributed by atoms with Crippen LogP contribution in [0.25, 0.3) is 0 Å². The maximum atomic E-state index is 11.6. The van der Waals surface area contributed by atoms with E-state index >= 15 is 0 Å². The molecule has 3 atom stereocenters. The molecular formula is C31H74N6O10S4U. The molecule has 3 amide bonds. The van der Waals surface area contributed by atoms with Gasteiger partial charge in [-0.25, -0.2) is 0 Å². The number of aliphatic carboxylic acids is 1. The van der Waals surface area contributed by atoms with Crippen molar-refractivity contribution in [1.29, 1.82) is 0 Å². The second kappa shape index (κ2) is 75.4. The Kier molecular flexibility index (Phi) is 110. The van der Waals surface area contributed by atoms with Crippen molar-refractivity contribution in [3.63, 3.8) is 0 Å². The number of aliphatic hydroxyl groups excluding tert-OH is 2. The van der Waals surface area contributed by atoms with Crippen LogP contribution in [0.5, 0.6) is 0 Å². The molecule has 0 aliphatic heterocycles. The van der Waals surface area contributed by atoms with Gasteiger partial charge < -0.3 is 57.9 Å². The molecule has 316 valence electrons. The van der Waals surface area contributed by atoms with Crippen LogP contribution in [0.2, 0.25) is 0 Å². The minimum Gasteiger partial charge on any atom is -0.481 e. The molecule has 0 fully saturated rings. The van der Waals surface area contributed by atoms with Crippen LogP contribution >= 0.6 is 43.2 Å². The quantitative estimate of drug-likeness (QED) is 0.0421. The Bertz CT molecular complexity index is 729. The van der Waals surface area contributed by atoms with Gasteiger partial charge in [-0.3, -0.25) is 24.0 Å². The number of aliphatic hydroxyl groups is 2. The van der Waals surface area contributed by atoms with E-state index in [1.807, 2.05) is 73.5 Å². The summed E-state index contributed by atoms with van der Waals surface area (Å²) in [5.74, 6) is 1.70. The molecule has 0 aromatic heterocycles. The Morgan fingerprint density at radius 2 is 1.23 bits per heavy atom. The molecule has 0 saturated heterocycles. The average Bonchev–Trinajstić information content (AvgIpc) is 3.11. The number of Topliss-reactive ketones (excluding diaryl/α,β-unsaturated/α-hetero) is 1. The third-order valence-electron chi connectivity index (χ3n) is 4.03. The van der Waals surface area contributed by atoms with Gasteiger partial charge >= 0.3 is 5.97 Å². The van der Waals surface area contributed by atoms with E-state index in [1.165, 1.54) is 14.0 Å². The maximum absolute atomic E-state index is 11.6. The standard InChI is InChI=1S/C10H18N2O4S2.C7H15NOS2.C5H10N2O3.C2H7N.3C2H6.CH4O.H2O.U/c1-8(15)9(12-7-14)10(16)11-3-6-18-17-5-2-4-13;1-7(9)3-5-10-11-6-4-8-2;1-7-3(5(6)10)2-4(8)9;1-3-2;4*1-2;;/h4,7-9,15H,2-3,5-6H2,1H3,(H,11,16)(H,12,14);8H,3-6H2,1-2H3;3,7H,2H2,1H3,(H2,6,10)(H,8,9);3H,1-2H3;3*1-2H3;2H,1H3;1H2;. The van der Waals surface area contributed by atoms with Crippen LogP contribution in [0, 0.1) is 31.1 Å². The van der Waals surface area contributed by atoms with Crippen molar-refractivity contribution in [2.75, 3.05) is 71.4 Å². The molecule has 0 spiro atoms. The number of rotatable bonds is 22. The Morgan fingerprint density at radius 3 is 1.54 bits per heavy atom. The van der Waals surface area contributed by atoms with Crippen molar-refractivity contribution >= 4 is 79.4 Å². The van der Waals surface area contributed by atoms with Crippen LogP contribution in [-0.2, 0) is 28.8 Å². The predicted octanol–water partition coefficient (Wildman–Crippen LogP) is 1.37. The van der Waals surface area contributed by atoms with Gasteiger partial charge in [-0.2, -0.15) is 0 Å². The molecule has 0 bridgehead atoms. The van der Waals surface area contributed by atoms with Gasteiger partial charge in [0.2, 0.25) is 18.2 Å². The Hall–Kier alpha value is -0.568. The second-order valence-corrected chi connectivity index (χ2v) is 13.3. The van der Waals surface area contributed by atoms with Crippen LogP contribution in [0.15, 0.2) is 0 Å². The molecule has 0 aliphatic rings. The summed E-state index contributed by atoms with van der Waals surface area (Å²) < 4.78 is 0. The molecule has 16 nitrogen and oxygen atoms in total. The number of primary amides is 1. The van der Waals surface area contributed by atoms with Gasteiger partial charge in [-0.05, 0) is 42.0 Å². The summed E-state index contributed by atoms with van der Waals surface area (Å²) in [7, 11) is 14.9. The average molecular weight is 1060 g/mol. The van der Waals surface area contributed by atoms with Crippen LogP contribution in [0.1, 0.15) is 74.7 Å². The van der Waals surface area contributed by atoms with Crippen molar-refractivity contribution < 1.29 is 80.7 Å². The number of hydrogen-bond donors (Lipinski definition) is 9. The van der Waals surface area contributed by atoms with Gasteiger partial charge in [-0.15, -0.1) is 0 Å². The first kappa shape index (κ1) is 76.2. The summed E-state index contributed by atoms with van der Waals surface area (Å²) in [6.07, 6.45) is 1.28. The number of likely N-dealkylation sites (N-methyl/N-ethyl adjacent to an activating group) is 1. The smallest absolute Gasteiger partial charge is 0.305 e. The van der Waals surface area contributed by atoms with Crippen molar-refractivity contribution in [2.45, 2.75) is 92.8 Å². The molecule has 0 aromatic rings. The van der Waals surface area contributed by atoms with Crippen molar-refractivity contribution in [1.82, 2.24) is 26.6 Å². The zero-order valence-electron chi connectivity index (χ0n) is 33.8. The van der Waals surface area contributed by atoms with Crippen LogP contribution in [-0.4, -0.2) is 147 Å². The van der Waals surface area contributed by atoms with Gasteiger partial charge in [0, 0.05) is 87.2 Å². The van der Waals surface area contributed by atoms with Gasteiger partial charge in [0.25, 0.3) is 0 Å². The maximum Gasteiger partial charge on any atom is 0.305 e. The summed E-state index contributed by atoms with van der Waals surface area (Å²) in [6, 6.07) is -1.69. The van der Waals surface area contributed by atoms with E-state index in [0.717, 1.165) is 37.2 Å². The zero-order chi connectivity index (χ0) is 41.2. The first-order chi connectivity index (χ1) is 23.9. The van der Waals surface area contributed by atoms with E-state index in [0.29, 0.717) is 31.5 Å². The monoisotopic (exact) mass is 1060 g/mol. The largest absolute Gasteiger partial charge is 0.481 e. The first-order valence-electron chi connectivity index (χ1n) is 16.3. The van der Waals surface area contributed by atoms with E-state index in [2.05, 4.69) is 26.6 Å². The number of carbonyl (C=O) groups is 6. The summed E-state index contributed by atoms with van der Waals surface area (Å²) in [5, 5.41) is 37.7. The molecule has 0 rings (SSSR count). The van der Waals surface area contributed by atoms with Crippen molar-refractivity contribution in [2.24, 2.45) is 5.73 Å². The molecule has 52 heavy (non-hydrogen) atoms. The Labute approximate surface area is 354 Å². The third kappa shape index (κ3) is 82.8. The molecule has 12 N–H and O–H groups in total. The van der Waals surface area contributed by atoms with Gasteiger partial charge in [0.1, 0.15) is 18.1 Å². The summed E-state index contributed by atoms with van der Waals surface area (Å²) >= 11 is 0. The number of carboxylic acid groups (broad SMARTS) is 1. The third-order valence-corrected chi connectivity index (χ3v) is 8.87. The second-order valence-electron chi connectivity index (χ2n) is 7.93. The van der Waals surface area contributed by atoms with E-state index in [-0.39, 0.29) is 48.8 Å². The number of hydrogen-bond acceptors (Lipinski definition) is 15. The summed E-state index contributed by atoms with van der Waals surface area (Å²) in [5.41, 5.74) is 4.83. The molecule has 3 unspecified atom stereocenters. The van der Waals surface area contributed by atoms with Gasteiger partial charge in [0.05, 0.1) is 18.6 Å². The number of carbonyl (C=O) groups excluding carboxylic acids is 5. The first-order valence-corrected chi connectivity index (χ1v) is 21.3. The number of nitrogens with one attached hydrogen (secondary N) is 5. The minimum absolute atomic E-state index is 0. The minimum atomic E-state index is -1.04. The molecular weight excluding hydrogens is 983 g/mol. The number of amides is 3. The van der Waals surface area contributed by atoms with E-state index in [1.54, 1.807) is 39.3 Å². The topological polar surface area (TPSA) is 281 Å². The van der Waals surface area contributed by atoms with E-state index < -0.39 is 36.0 Å². The van der Waals surface area contributed by atoms with Gasteiger partial charge in [0.15, 0.2) is 0 Å². The van der Waals surface area contributed by atoms with E-state index in [4.69, 9.17) is 15.9 Å². The molecule has 0 saturated carbocycles. The number of aldehydes is 1. The fourth-order valence-electron chi connectivity index (χ4n) is 2.01. The fourth-order valence-corrected chi connectivity index (χ4v) is 5.97. The number of ketones is 1. The fraction of sp³-hybridized carbons (Fsp3) is 0.806. The SMILES string of the molecule is CC.CC.CC.CC(O)C(NC=O)C(=O)NCCSSCCC=O.CNC.CNC(CC(=O)O)C(N)=O.CNCCSSCCC(C)=O.CO.O.[U]. The molecule has 0 aromatic carbocycles. The van der Waals surface area contributed by atoms with Crippen LogP contribution < -0.4 is 32.3 Å². The number of nitrogens with two attached hydrogens (primary N) is 1. The molecule has 0 heterocycles. The van der Waals surface area contributed by atoms with Crippen molar-refractivity contribution in [3.8, 4) is 0 Å². The summed E-state index contributed by atoms with van der Waals surface area (Å²) in [6.45, 7) is 16.6. The van der Waals surface area contributed by atoms with Crippen LogP contribution in [0.4, 0.5) is 0 Å². The summed E-state index contributed by atoms with van der Waals surface area (Å²) in [4.78, 5) is 62.7. The zero-order valence-corrected chi connectivity index (χ0v) is 41.2. The van der Waals surface area contributed by atoms with Crippen LogP contribution in [0.3, 0.4) is 0 Å². The van der Waals surface area contributed by atoms with Crippen molar-refractivity contribution in [3.05, 3.63) is 0 Å². The predicted molar refractivity (Wildman–Crippen MR) is 222 cm³/mol. The van der Waals surface area contributed by atoms with Gasteiger partial charge in [-0.1, -0.05) is 84.7 Å². The molecule has 21 heteroatoms. The molecule has 0 aliphatic carbocycles.